The molecule has 6 heteroatoms. The Hall–Kier alpha value is -2.47. The van der Waals surface area contributed by atoms with Crippen LogP contribution in [0.25, 0.3) is 10.8 Å². The Morgan fingerprint density at radius 1 is 1.10 bits per heavy atom. The highest BCUT2D eigenvalue weighted by atomic mass is 32.2. The molecule has 1 aromatic heterocycles. The SMILES string of the molecule is NC(=O)c1c2nn(c1N)CS2.c1ccc2ccccc2c1. The van der Waals surface area contributed by atoms with E-state index < -0.39 is 5.91 Å². The molecular weight excluding hydrogens is 284 g/mol. The summed E-state index contributed by atoms with van der Waals surface area (Å²) < 4.78 is 1.57. The van der Waals surface area contributed by atoms with Crippen LogP contribution in [0.5, 0.6) is 0 Å². The molecule has 2 bridgehead atoms. The van der Waals surface area contributed by atoms with Crippen LogP contribution in [0.1, 0.15) is 10.4 Å². The van der Waals surface area contributed by atoms with Gasteiger partial charge in [-0.3, -0.25) is 4.79 Å². The number of primary amides is 1. The van der Waals surface area contributed by atoms with Crippen LogP contribution in [0.15, 0.2) is 53.6 Å². The number of carbonyl (C=O) groups excluding carboxylic acids is 1. The number of benzene rings is 2. The van der Waals surface area contributed by atoms with Gasteiger partial charge in [0.05, 0.1) is 5.88 Å². The van der Waals surface area contributed by atoms with Crippen molar-refractivity contribution in [2.45, 2.75) is 10.9 Å². The number of fused-ring (bicyclic) bond motifs is 3. The molecule has 0 saturated heterocycles. The van der Waals surface area contributed by atoms with Crippen molar-refractivity contribution in [3.05, 3.63) is 54.1 Å². The third kappa shape index (κ3) is 2.57. The first-order valence-corrected chi connectivity index (χ1v) is 7.38. The van der Waals surface area contributed by atoms with Gasteiger partial charge in [-0.25, -0.2) is 4.68 Å². The number of hydrogen-bond acceptors (Lipinski definition) is 4. The molecular formula is C15H14N4OS. The maximum Gasteiger partial charge on any atom is 0.255 e. The van der Waals surface area contributed by atoms with Crippen molar-refractivity contribution in [2.24, 2.45) is 5.73 Å². The third-order valence-corrected chi connectivity index (χ3v) is 4.12. The maximum atomic E-state index is 10.8. The number of carbonyl (C=O) groups is 1. The first-order valence-electron chi connectivity index (χ1n) is 6.39. The summed E-state index contributed by atoms with van der Waals surface area (Å²) in [7, 11) is 0. The number of thioether (sulfide) groups is 1. The summed E-state index contributed by atoms with van der Waals surface area (Å²) in [5, 5.41) is 7.27. The van der Waals surface area contributed by atoms with E-state index in [0.29, 0.717) is 22.3 Å². The van der Waals surface area contributed by atoms with Gasteiger partial charge in [-0.15, -0.1) is 0 Å². The summed E-state index contributed by atoms with van der Waals surface area (Å²) in [5.74, 6) is 0.569. The Bertz CT molecular complexity index is 747. The molecule has 4 N–H and O–H groups in total. The zero-order valence-corrected chi connectivity index (χ0v) is 12.0. The number of nitrogens with zero attached hydrogens (tertiary/aromatic N) is 2. The smallest absolute Gasteiger partial charge is 0.255 e. The number of rotatable bonds is 1. The molecule has 0 saturated carbocycles. The average molecular weight is 298 g/mol. The van der Waals surface area contributed by atoms with Crippen LogP contribution >= 0.6 is 11.8 Å². The highest BCUT2D eigenvalue weighted by molar-refractivity contribution is 7.98. The fraction of sp³-hybridized carbons (Fsp3) is 0.0667. The summed E-state index contributed by atoms with van der Waals surface area (Å²) in [6.45, 7) is 0. The average Bonchev–Trinajstić information content (AvgIpc) is 3.08. The second-order valence-electron chi connectivity index (χ2n) is 4.55. The lowest BCUT2D eigenvalue weighted by molar-refractivity contribution is 0.0998. The molecule has 0 spiro atoms. The molecule has 2 heterocycles. The van der Waals surface area contributed by atoms with Gasteiger partial charge in [0.1, 0.15) is 16.4 Å². The highest BCUT2D eigenvalue weighted by Gasteiger charge is 2.25. The minimum Gasteiger partial charge on any atom is -0.383 e. The quantitative estimate of drug-likeness (QED) is 0.722. The van der Waals surface area contributed by atoms with E-state index in [1.807, 2.05) is 0 Å². The molecule has 0 unspecified atom stereocenters. The Balaban J connectivity index is 0.000000126. The van der Waals surface area contributed by atoms with Gasteiger partial charge in [-0.1, -0.05) is 60.3 Å². The van der Waals surface area contributed by atoms with Crippen molar-refractivity contribution in [1.82, 2.24) is 9.78 Å². The lowest BCUT2D eigenvalue weighted by Crippen LogP contribution is -2.15. The maximum absolute atomic E-state index is 10.8. The predicted octanol–water partition coefficient (Wildman–Crippen LogP) is 2.47. The second kappa shape index (κ2) is 5.49. The van der Waals surface area contributed by atoms with Crippen molar-refractivity contribution in [3.63, 3.8) is 0 Å². The van der Waals surface area contributed by atoms with E-state index in [2.05, 4.69) is 53.6 Å². The lowest BCUT2D eigenvalue weighted by Gasteiger charge is -2.03. The zero-order valence-electron chi connectivity index (χ0n) is 11.2. The molecule has 0 aliphatic carbocycles. The number of aromatic nitrogens is 2. The summed E-state index contributed by atoms with van der Waals surface area (Å²) in [6.07, 6.45) is 0. The van der Waals surface area contributed by atoms with Gasteiger partial charge in [-0.2, -0.15) is 5.10 Å². The van der Waals surface area contributed by atoms with E-state index in [-0.39, 0.29) is 0 Å². The fourth-order valence-electron chi connectivity index (χ4n) is 2.14. The molecule has 4 rings (SSSR count). The zero-order chi connectivity index (χ0) is 14.8. The monoisotopic (exact) mass is 298 g/mol. The largest absolute Gasteiger partial charge is 0.383 e. The Morgan fingerprint density at radius 3 is 1.95 bits per heavy atom. The molecule has 0 radical (unpaired) electrons. The van der Waals surface area contributed by atoms with Gasteiger partial charge in [-0.05, 0) is 10.8 Å². The van der Waals surface area contributed by atoms with E-state index in [9.17, 15) is 4.79 Å². The second-order valence-corrected chi connectivity index (χ2v) is 5.48. The molecule has 0 fully saturated rings. The van der Waals surface area contributed by atoms with E-state index in [0.717, 1.165) is 0 Å². The molecule has 0 atom stereocenters. The van der Waals surface area contributed by atoms with Crippen LogP contribution in [0.4, 0.5) is 5.82 Å². The summed E-state index contributed by atoms with van der Waals surface area (Å²) in [4.78, 5) is 10.8. The van der Waals surface area contributed by atoms with Gasteiger partial charge in [0.15, 0.2) is 0 Å². The number of amides is 1. The molecule has 106 valence electrons. The molecule has 1 aliphatic rings. The minimum absolute atomic E-state index is 0.362. The van der Waals surface area contributed by atoms with E-state index in [4.69, 9.17) is 11.5 Å². The molecule has 1 aliphatic heterocycles. The number of hydrogen-bond donors (Lipinski definition) is 2. The topological polar surface area (TPSA) is 86.9 Å². The van der Waals surface area contributed by atoms with Gasteiger partial charge >= 0.3 is 0 Å². The molecule has 3 aromatic rings. The normalized spacial score (nSPS) is 12.0. The summed E-state index contributed by atoms with van der Waals surface area (Å²) >= 11 is 1.47. The van der Waals surface area contributed by atoms with E-state index in [1.165, 1.54) is 22.5 Å². The van der Waals surface area contributed by atoms with Crippen molar-refractivity contribution < 1.29 is 4.79 Å². The predicted molar refractivity (Wildman–Crippen MR) is 85.0 cm³/mol. The van der Waals surface area contributed by atoms with Crippen molar-refractivity contribution in [2.75, 3.05) is 5.73 Å². The lowest BCUT2D eigenvalue weighted by atomic mass is 10.1. The van der Waals surface area contributed by atoms with Crippen molar-refractivity contribution in [1.29, 1.82) is 0 Å². The number of nitrogens with two attached hydrogens (primary N) is 2. The molecule has 21 heavy (non-hydrogen) atoms. The molecule has 2 aromatic carbocycles. The Morgan fingerprint density at radius 2 is 1.62 bits per heavy atom. The molecule has 1 amide bonds. The summed E-state index contributed by atoms with van der Waals surface area (Å²) in [6, 6.07) is 16.7. The van der Waals surface area contributed by atoms with Gasteiger partial charge in [0, 0.05) is 0 Å². The Kier molecular flexibility index (Phi) is 3.53. The van der Waals surface area contributed by atoms with Gasteiger partial charge in [0.2, 0.25) is 0 Å². The van der Waals surface area contributed by atoms with Gasteiger partial charge < -0.3 is 11.5 Å². The van der Waals surface area contributed by atoms with Crippen LogP contribution in [0.3, 0.4) is 0 Å². The first-order chi connectivity index (χ1) is 10.2. The fourth-order valence-corrected chi connectivity index (χ4v) is 3.09. The molecule has 5 nitrogen and oxygen atoms in total. The number of anilines is 1. The summed E-state index contributed by atoms with van der Waals surface area (Å²) in [5.41, 5.74) is 11.0. The first kappa shape index (κ1) is 13.5. The highest BCUT2D eigenvalue weighted by Crippen LogP contribution is 2.33. The minimum atomic E-state index is -0.504. The third-order valence-electron chi connectivity index (χ3n) is 3.19. The van der Waals surface area contributed by atoms with Crippen LogP contribution in [-0.2, 0) is 5.88 Å². The van der Waals surface area contributed by atoms with Crippen LogP contribution in [0.2, 0.25) is 0 Å². The van der Waals surface area contributed by atoms with Crippen LogP contribution in [0, 0.1) is 0 Å². The van der Waals surface area contributed by atoms with E-state index >= 15 is 0 Å². The van der Waals surface area contributed by atoms with Crippen LogP contribution in [-0.4, -0.2) is 15.7 Å². The number of nitrogen functional groups attached to an aromatic ring is 1. The van der Waals surface area contributed by atoms with E-state index in [1.54, 1.807) is 4.68 Å². The Labute approximate surface area is 125 Å². The van der Waals surface area contributed by atoms with Crippen molar-refractivity contribution >= 4 is 34.3 Å². The van der Waals surface area contributed by atoms with Gasteiger partial charge in [0.25, 0.3) is 5.91 Å². The van der Waals surface area contributed by atoms with Crippen LogP contribution < -0.4 is 11.5 Å². The van der Waals surface area contributed by atoms with Crippen molar-refractivity contribution in [3.8, 4) is 0 Å². The standard InChI is InChI=1S/C10H8.C5H6N4OS/c1-2-6-10-8-4-3-7-9(10)5-1;6-3-2(4(7)10)5-8-9(3)1-11-5/h1-8H;1,6H2,(H2,7,10).